The average Bonchev–Trinajstić information content (AvgIpc) is 2.76. The summed E-state index contributed by atoms with van der Waals surface area (Å²) in [5.41, 5.74) is 0.500. The highest BCUT2D eigenvalue weighted by molar-refractivity contribution is 5.39. The van der Waals surface area contributed by atoms with Crippen LogP contribution in [0.2, 0.25) is 0 Å². The summed E-state index contributed by atoms with van der Waals surface area (Å²) in [4.78, 5) is 0. The lowest BCUT2D eigenvalue weighted by Crippen LogP contribution is -2.31. The quantitative estimate of drug-likeness (QED) is 0.772. The number of benzene rings is 1. The highest BCUT2D eigenvalue weighted by Gasteiger charge is 2.30. The summed E-state index contributed by atoms with van der Waals surface area (Å²) in [5.74, 6) is 1.67. The van der Waals surface area contributed by atoms with Gasteiger partial charge >= 0.3 is 0 Å². The first kappa shape index (κ1) is 15.2. The third-order valence-electron chi connectivity index (χ3n) is 3.91. The maximum atomic E-state index is 5.81. The van der Waals surface area contributed by atoms with Crippen LogP contribution in [-0.2, 0) is 0 Å². The molecule has 3 heteroatoms. The van der Waals surface area contributed by atoms with Crippen molar-refractivity contribution < 1.29 is 9.47 Å². The van der Waals surface area contributed by atoms with Crippen molar-refractivity contribution in [3.05, 3.63) is 24.3 Å². The van der Waals surface area contributed by atoms with Gasteiger partial charge in [0.05, 0.1) is 6.61 Å². The highest BCUT2D eigenvalue weighted by atomic mass is 16.5. The van der Waals surface area contributed by atoms with Gasteiger partial charge in [0, 0.05) is 12.6 Å². The van der Waals surface area contributed by atoms with Gasteiger partial charge in [0.25, 0.3) is 0 Å². The van der Waals surface area contributed by atoms with Gasteiger partial charge in [0.15, 0.2) is 11.5 Å². The molecule has 0 aromatic heterocycles. The summed E-state index contributed by atoms with van der Waals surface area (Å²) in [6, 6.07) is 8.51. The lowest BCUT2D eigenvalue weighted by molar-refractivity contribution is 0.270. The summed E-state index contributed by atoms with van der Waals surface area (Å²) >= 11 is 0. The molecule has 20 heavy (non-hydrogen) atoms. The Morgan fingerprint density at radius 3 is 2.50 bits per heavy atom. The van der Waals surface area contributed by atoms with E-state index in [-0.39, 0.29) is 0 Å². The molecule has 1 aliphatic carbocycles. The van der Waals surface area contributed by atoms with Crippen LogP contribution in [-0.4, -0.2) is 25.8 Å². The zero-order valence-corrected chi connectivity index (χ0v) is 12.9. The van der Waals surface area contributed by atoms with Gasteiger partial charge in [-0.15, -0.1) is 0 Å². The van der Waals surface area contributed by atoms with E-state index in [1.165, 1.54) is 19.3 Å². The molecule has 1 fully saturated rings. The molecule has 0 saturated heterocycles. The molecule has 0 bridgehead atoms. The Morgan fingerprint density at radius 1 is 1.20 bits per heavy atom. The minimum Gasteiger partial charge on any atom is -0.490 e. The maximum absolute atomic E-state index is 5.81. The van der Waals surface area contributed by atoms with Crippen molar-refractivity contribution in [2.75, 3.05) is 19.8 Å². The van der Waals surface area contributed by atoms with Crippen molar-refractivity contribution in [2.45, 2.75) is 46.1 Å². The Morgan fingerprint density at radius 2 is 1.90 bits per heavy atom. The zero-order chi connectivity index (χ0) is 14.4. The van der Waals surface area contributed by atoms with E-state index in [1.54, 1.807) is 0 Å². The second-order valence-corrected chi connectivity index (χ2v) is 6.29. The number of hydrogen-bond acceptors (Lipinski definition) is 3. The predicted molar refractivity (Wildman–Crippen MR) is 82.5 cm³/mol. The molecule has 2 rings (SSSR count). The van der Waals surface area contributed by atoms with Crippen molar-refractivity contribution in [3.63, 3.8) is 0 Å². The highest BCUT2D eigenvalue weighted by Crippen LogP contribution is 2.36. The summed E-state index contributed by atoms with van der Waals surface area (Å²) in [6.07, 6.45) is 3.86. The molecule has 0 amide bonds. The fourth-order valence-electron chi connectivity index (χ4n) is 2.88. The number of ether oxygens (including phenoxy) is 2. The zero-order valence-electron chi connectivity index (χ0n) is 12.9. The molecule has 1 aliphatic rings. The first-order chi connectivity index (χ1) is 9.61. The molecule has 1 aromatic carbocycles. The van der Waals surface area contributed by atoms with Gasteiger partial charge < -0.3 is 14.8 Å². The summed E-state index contributed by atoms with van der Waals surface area (Å²) in [6.45, 7) is 8.92. The van der Waals surface area contributed by atoms with Crippen molar-refractivity contribution in [1.82, 2.24) is 5.32 Å². The van der Waals surface area contributed by atoms with Gasteiger partial charge in [0.2, 0.25) is 0 Å². The number of nitrogens with one attached hydrogen (secondary N) is 1. The first-order valence-corrected chi connectivity index (χ1v) is 7.69. The molecule has 3 nitrogen and oxygen atoms in total. The average molecular weight is 277 g/mol. The lowest BCUT2D eigenvalue weighted by Gasteiger charge is -2.18. The summed E-state index contributed by atoms with van der Waals surface area (Å²) in [5, 5.41) is 3.59. The second-order valence-electron chi connectivity index (χ2n) is 6.29. The summed E-state index contributed by atoms with van der Waals surface area (Å²) in [7, 11) is 0. The van der Waals surface area contributed by atoms with E-state index >= 15 is 0 Å². The van der Waals surface area contributed by atoms with Crippen LogP contribution in [0.25, 0.3) is 0 Å². The molecular weight excluding hydrogens is 250 g/mol. The lowest BCUT2D eigenvalue weighted by atomic mass is 9.92. The molecule has 112 valence electrons. The van der Waals surface area contributed by atoms with E-state index in [9.17, 15) is 0 Å². The second kappa shape index (κ2) is 6.98. The molecule has 1 N–H and O–H groups in total. The van der Waals surface area contributed by atoms with Gasteiger partial charge in [0.1, 0.15) is 6.61 Å². The van der Waals surface area contributed by atoms with Crippen LogP contribution in [0.5, 0.6) is 11.5 Å². The minimum atomic E-state index is 0.500. The van der Waals surface area contributed by atoms with Gasteiger partial charge in [-0.3, -0.25) is 0 Å². The Bertz CT molecular complexity index is 417. The van der Waals surface area contributed by atoms with Crippen LogP contribution >= 0.6 is 0 Å². The van der Waals surface area contributed by atoms with E-state index in [2.05, 4.69) is 19.2 Å². The van der Waals surface area contributed by atoms with Gasteiger partial charge in [-0.1, -0.05) is 26.0 Å². The van der Waals surface area contributed by atoms with Crippen LogP contribution in [0.15, 0.2) is 24.3 Å². The maximum Gasteiger partial charge on any atom is 0.161 e. The topological polar surface area (TPSA) is 30.5 Å². The SMILES string of the molecule is CCOc1ccccc1OCCNC1CCC(C)(C)C1. The molecule has 0 aliphatic heterocycles. The van der Waals surface area contributed by atoms with E-state index in [0.717, 1.165) is 18.0 Å². The Kier molecular flexibility index (Phi) is 5.30. The molecule has 1 unspecified atom stereocenters. The first-order valence-electron chi connectivity index (χ1n) is 7.69. The van der Waals surface area contributed by atoms with Crippen molar-refractivity contribution in [3.8, 4) is 11.5 Å². The Hall–Kier alpha value is -1.22. The molecule has 1 saturated carbocycles. The van der Waals surface area contributed by atoms with Crippen LogP contribution in [0.4, 0.5) is 0 Å². The third-order valence-corrected chi connectivity index (χ3v) is 3.91. The van der Waals surface area contributed by atoms with Crippen molar-refractivity contribution in [2.24, 2.45) is 5.41 Å². The van der Waals surface area contributed by atoms with Crippen LogP contribution < -0.4 is 14.8 Å². The number of para-hydroxylation sites is 2. The molecule has 1 atom stereocenters. The van der Waals surface area contributed by atoms with Gasteiger partial charge in [-0.25, -0.2) is 0 Å². The minimum absolute atomic E-state index is 0.500. The Labute approximate surface area is 122 Å². The van der Waals surface area contributed by atoms with Crippen molar-refractivity contribution >= 4 is 0 Å². The normalized spacial score (nSPS) is 20.9. The predicted octanol–water partition coefficient (Wildman–Crippen LogP) is 3.63. The van der Waals surface area contributed by atoms with E-state index in [1.807, 2.05) is 31.2 Å². The molecule has 1 aromatic rings. The Balaban J connectivity index is 1.71. The fourth-order valence-corrected chi connectivity index (χ4v) is 2.88. The van der Waals surface area contributed by atoms with E-state index < -0.39 is 0 Å². The van der Waals surface area contributed by atoms with Gasteiger partial charge in [-0.2, -0.15) is 0 Å². The number of rotatable bonds is 7. The molecule has 0 radical (unpaired) electrons. The summed E-state index contributed by atoms with van der Waals surface area (Å²) < 4.78 is 11.4. The molecule has 0 spiro atoms. The van der Waals surface area contributed by atoms with Crippen molar-refractivity contribution in [1.29, 1.82) is 0 Å². The fraction of sp³-hybridized carbons (Fsp3) is 0.647. The largest absolute Gasteiger partial charge is 0.490 e. The smallest absolute Gasteiger partial charge is 0.161 e. The van der Waals surface area contributed by atoms with Crippen LogP contribution in [0.3, 0.4) is 0 Å². The monoisotopic (exact) mass is 277 g/mol. The van der Waals surface area contributed by atoms with E-state index in [4.69, 9.17) is 9.47 Å². The number of hydrogen-bond donors (Lipinski definition) is 1. The third kappa shape index (κ3) is 4.41. The van der Waals surface area contributed by atoms with Crippen LogP contribution in [0, 0.1) is 5.41 Å². The standard InChI is InChI=1S/C17H27NO2/c1-4-19-15-7-5-6-8-16(15)20-12-11-18-14-9-10-17(2,3)13-14/h5-8,14,18H,4,9-13H2,1-3H3. The molecular formula is C17H27NO2. The molecule has 0 heterocycles. The van der Waals surface area contributed by atoms with E-state index in [0.29, 0.717) is 24.7 Å². The van der Waals surface area contributed by atoms with Gasteiger partial charge in [-0.05, 0) is 43.7 Å². The van der Waals surface area contributed by atoms with Crippen LogP contribution in [0.1, 0.15) is 40.0 Å².